The van der Waals surface area contributed by atoms with Crippen LogP contribution in [-0.4, -0.2) is 28.2 Å². The molecule has 4 rings (SSSR count). The number of rotatable bonds is 8. The van der Waals surface area contributed by atoms with Crippen LogP contribution in [-0.2, 0) is 11.3 Å². The van der Waals surface area contributed by atoms with Crippen molar-refractivity contribution in [3.63, 3.8) is 0 Å². The SMILES string of the molecule is CC(C)(C)OC(=O)NC/C=C/c1ccc2ncnc(Nc3ccc(OCc4cccc(F)c4)c(Cl)c3)c2c1. The minimum atomic E-state index is -0.546. The summed E-state index contributed by atoms with van der Waals surface area (Å²) in [5.74, 6) is 0.785. The van der Waals surface area contributed by atoms with Crippen molar-refractivity contribution >= 4 is 46.2 Å². The van der Waals surface area contributed by atoms with Crippen LogP contribution in [0.5, 0.6) is 5.75 Å². The quantitative estimate of drug-likeness (QED) is 0.247. The zero-order valence-corrected chi connectivity index (χ0v) is 22.1. The molecule has 0 aliphatic carbocycles. The van der Waals surface area contributed by atoms with Gasteiger partial charge in [0, 0.05) is 17.6 Å². The van der Waals surface area contributed by atoms with Crippen molar-refractivity contribution in [3.05, 3.63) is 95.0 Å². The van der Waals surface area contributed by atoms with Gasteiger partial charge in [0.2, 0.25) is 0 Å². The van der Waals surface area contributed by atoms with Crippen molar-refractivity contribution in [3.8, 4) is 5.75 Å². The third-order valence-corrected chi connectivity index (χ3v) is 5.51. The van der Waals surface area contributed by atoms with E-state index in [1.54, 1.807) is 24.3 Å². The summed E-state index contributed by atoms with van der Waals surface area (Å²) >= 11 is 6.45. The van der Waals surface area contributed by atoms with Crippen LogP contribution in [0.3, 0.4) is 0 Å². The molecule has 9 heteroatoms. The first kappa shape index (κ1) is 26.9. The average Bonchev–Trinajstić information content (AvgIpc) is 2.85. The highest BCUT2D eigenvalue weighted by atomic mass is 35.5. The van der Waals surface area contributed by atoms with Gasteiger partial charge in [-0.3, -0.25) is 0 Å². The molecule has 7 nitrogen and oxygen atoms in total. The Hall–Kier alpha value is -4.17. The van der Waals surface area contributed by atoms with E-state index >= 15 is 0 Å². The molecular formula is C29H28ClFN4O3. The van der Waals surface area contributed by atoms with Gasteiger partial charge >= 0.3 is 6.09 Å². The van der Waals surface area contributed by atoms with Gasteiger partial charge in [0.15, 0.2) is 0 Å². The first-order valence-electron chi connectivity index (χ1n) is 12.0. The molecule has 0 aliphatic rings. The van der Waals surface area contributed by atoms with Gasteiger partial charge in [-0.15, -0.1) is 0 Å². The number of aromatic nitrogens is 2. The second kappa shape index (κ2) is 11.9. The summed E-state index contributed by atoms with van der Waals surface area (Å²) in [6.07, 6.45) is 4.76. The summed E-state index contributed by atoms with van der Waals surface area (Å²) < 4.78 is 24.4. The smallest absolute Gasteiger partial charge is 0.407 e. The number of nitrogens with one attached hydrogen (secondary N) is 2. The number of benzene rings is 3. The van der Waals surface area contributed by atoms with E-state index in [1.807, 2.05) is 57.2 Å². The topological polar surface area (TPSA) is 85.4 Å². The number of ether oxygens (including phenoxy) is 2. The van der Waals surface area contributed by atoms with Crippen LogP contribution in [0.2, 0.25) is 5.02 Å². The molecule has 38 heavy (non-hydrogen) atoms. The van der Waals surface area contributed by atoms with Crippen molar-refractivity contribution in [1.82, 2.24) is 15.3 Å². The third kappa shape index (κ3) is 7.66. The van der Waals surface area contributed by atoms with E-state index in [0.29, 0.717) is 28.7 Å². The molecule has 0 spiro atoms. The molecule has 1 heterocycles. The van der Waals surface area contributed by atoms with E-state index in [0.717, 1.165) is 22.2 Å². The number of nitrogens with zero attached hydrogens (tertiary/aromatic N) is 2. The molecule has 2 N–H and O–H groups in total. The van der Waals surface area contributed by atoms with Crippen LogP contribution < -0.4 is 15.4 Å². The maximum Gasteiger partial charge on any atom is 0.407 e. The number of hydrogen-bond donors (Lipinski definition) is 2. The fraction of sp³-hybridized carbons (Fsp3) is 0.207. The molecule has 0 aliphatic heterocycles. The zero-order valence-electron chi connectivity index (χ0n) is 21.3. The Morgan fingerprint density at radius 2 is 1.92 bits per heavy atom. The van der Waals surface area contributed by atoms with Crippen LogP contribution >= 0.6 is 11.6 Å². The third-order valence-electron chi connectivity index (χ3n) is 5.21. The van der Waals surface area contributed by atoms with E-state index in [-0.39, 0.29) is 12.4 Å². The van der Waals surface area contributed by atoms with Gasteiger partial charge in [0.05, 0.1) is 10.5 Å². The number of halogens is 2. The molecule has 0 atom stereocenters. The minimum Gasteiger partial charge on any atom is -0.487 e. The molecule has 0 unspecified atom stereocenters. The van der Waals surface area contributed by atoms with E-state index < -0.39 is 11.7 Å². The van der Waals surface area contributed by atoms with Gasteiger partial charge in [-0.1, -0.05) is 42.0 Å². The normalized spacial score (nSPS) is 11.5. The number of hydrogen-bond acceptors (Lipinski definition) is 6. The number of anilines is 2. The van der Waals surface area contributed by atoms with Crippen molar-refractivity contribution in [1.29, 1.82) is 0 Å². The molecule has 0 bridgehead atoms. The summed E-state index contributed by atoms with van der Waals surface area (Å²) in [7, 11) is 0. The Labute approximate surface area is 225 Å². The number of carbonyl (C=O) groups is 1. The summed E-state index contributed by atoms with van der Waals surface area (Å²) in [6, 6.07) is 17.3. The van der Waals surface area contributed by atoms with Crippen molar-refractivity contribution < 1.29 is 18.7 Å². The molecular weight excluding hydrogens is 507 g/mol. The van der Waals surface area contributed by atoms with Gasteiger partial charge in [-0.05, 0) is 74.4 Å². The Morgan fingerprint density at radius 3 is 2.68 bits per heavy atom. The second-order valence-electron chi connectivity index (χ2n) is 9.47. The fourth-order valence-corrected chi connectivity index (χ4v) is 3.78. The number of fused-ring (bicyclic) bond motifs is 1. The first-order chi connectivity index (χ1) is 18.2. The predicted octanol–water partition coefficient (Wildman–Crippen LogP) is 7.28. The molecule has 4 aromatic rings. The minimum absolute atomic E-state index is 0.199. The van der Waals surface area contributed by atoms with Crippen LogP contribution in [0.25, 0.3) is 17.0 Å². The molecule has 0 saturated heterocycles. The van der Waals surface area contributed by atoms with Gasteiger partial charge in [-0.2, -0.15) is 0 Å². The van der Waals surface area contributed by atoms with Crippen LogP contribution in [0.1, 0.15) is 31.9 Å². The molecule has 1 aromatic heterocycles. The van der Waals surface area contributed by atoms with E-state index in [9.17, 15) is 9.18 Å². The van der Waals surface area contributed by atoms with E-state index in [2.05, 4.69) is 20.6 Å². The van der Waals surface area contributed by atoms with Gasteiger partial charge in [-0.25, -0.2) is 19.2 Å². The lowest BCUT2D eigenvalue weighted by atomic mass is 10.1. The van der Waals surface area contributed by atoms with Crippen LogP contribution in [0.4, 0.5) is 20.7 Å². The summed E-state index contributed by atoms with van der Waals surface area (Å²) in [5.41, 5.74) is 2.57. The van der Waals surface area contributed by atoms with Gasteiger partial charge in [0.25, 0.3) is 0 Å². The Bertz CT molecular complexity index is 1470. The Balaban J connectivity index is 1.43. The number of carbonyl (C=O) groups excluding carboxylic acids is 1. The van der Waals surface area contributed by atoms with Gasteiger partial charge < -0.3 is 20.1 Å². The highest BCUT2D eigenvalue weighted by Gasteiger charge is 2.15. The van der Waals surface area contributed by atoms with Crippen LogP contribution in [0, 0.1) is 5.82 Å². The van der Waals surface area contributed by atoms with Crippen molar-refractivity contribution in [2.24, 2.45) is 0 Å². The second-order valence-corrected chi connectivity index (χ2v) is 9.88. The predicted molar refractivity (Wildman–Crippen MR) is 148 cm³/mol. The molecule has 0 radical (unpaired) electrons. The molecule has 3 aromatic carbocycles. The maximum atomic E-state index is 13.4. The summed E-state index contributed by atoms with van der Waals surface area (Å²) in [4.78, 5) is 20.6. The highest BCUT2D eigenvalue weighted by molar-refractivity contribution is 6.32. The lowest BCUT2D eigenvalue weighted by Crippen LogP contribution is -2.32. The lowest BCUT2D eigenvalue weighted by molar-refractivity contribution is 0.0534. The number of alkyl carbamates (subject to hydrolysis) is 1. The average molecular weight is 535 g/mol. The van der Waals surface area contributed by atoms with E-state index in [1.165, 1.54) is 18.5 Å². The lowest BCUT2D eigenvalue weighted by Gasteiger charge is -2.19. The maximum absolute atomic E-state index is 13.4. The molecule has 0 saturated carbocycles. The van der Waals surface area contributed by atoms with Crippen LogP contribution in [0.15, 0.2) is 73.1 Å². The number of amides is 1. The Morgan fingerprint density at radius 1 is 1.08 bits per heavy atom. The first-order valence-corrected chi connectivity index (χ1v) is 12.4. The Kier molecular flexibility index (Phi) is 8.43. The van der Waals surface area contributed by atoms with E-state index in [4.69, 9.17) is 21.1 Å². The fourth-order valence-electron chi connectivity index (χ4n) is 3.55. The largest absolute Gasteiger partial charge is 0.487 e. The van der Waals surface area contributed by atoms with Crippen molar-refractivity contribution in [2.45, 2.75) is 33.0 Å². The highest BCUT2D eigenvalue weighted by Crippen LogP contribution is 2.31. The standard InChI is InChI=1S/C29H28ClFN4O3/c1-29(2,3)38-28(36)32-13-5-7-19-9-11-25-23(15-19)27(34-18-33-25)35-22-10-12-26(24(30)16-22)37-17-20-6-4-8-21(31)14-20/h4-12,14-16,18H,13,17H2,1-3H3,(H,32,36)(H,33,34,35)/b7-5+. The molecule has 0 fully saturated rings. The monoisotopic (exact) mass is 534 g/mol. The molecule has 1 amide bonds. The molecule has 196 valence electrons. The van der Waals surface area contributed by atoms with Gasteiger partial charge in [0.1, 0.15) is 35.9 Å². The summed E-state index contributed by atoms with van der Waals surface area (Å²) in [6.45, 7) is 5.98. The summed E-state index contributed by atoms with van der Waals surface area (Å²) in [5, 5.41) is 7.21. The van der Waals surface area contributed by atoms with Crippen molar-refractivity contribution in [2.75, 3.05) is 11.9 Å². The zero-order chi connectivity index (χ0) is 27.1.